The third-order valence-electron chi connectivity index (χ3n) is 3.25. The van der Waals surface area contributed by atoms with Gasteiger partial charge < -0.3 is 9.97 Å². The first-order chi connectivity index (χ1) is 9.42. The summed E-state index contributed by atoms with van der Waals surface area (Å²) in [4.78, 5) is 12.1. The molecule has 0 aliphatic heterocycles. The summed E-state index contributed by atoms with van der Waals surface area (Å²) < 4.78 is 0. The molecule has 0 saturated heterocycles. The van der Waals surface area contributed by atoms with Crippen LogP contribution in [0.1, 0.15) is 0 Å². The van der Waals surface area contributed by atoms with Crippen LogP contribution in [-0.4, -0.2) is 15.0 Å². The van der Waals surface area contributed by atoms with E-state index in [9.17, 15) is 0 Å². The predicted molar refractivity (Wildman–Crippen MR) is 79.2 cm³/mol. The third kappa shape index (κ3) is 1.69. The zero-order valence-electron chi connectivity index (χ0n) is 10.1. The lowest BCUT2D eigenvalue weighted by Crippen LogP contribution is -1.79. The number of nitrogens with zero attached hydrogens (tertiary/aromatic N) is 1. The number of rotatable bonds is 2. The van der Waals surface area contributed by atoms with Crippen LogP contribution in [0.25, 0.3) is 32.6 Å². The van der Waals surface area contributed by atoms with Crippen LogP contribution < -0.4 is 0 Å². The Labute approximate surface area is 114 Å². The van der Waals surface area contributed by atoms with Crippen molar-refractivity contribution < 1.29 is 0 Å². The molecule has 0 aliphatic rings. The summed E-state index contributed by atoms with van der Waals surface area (Å²) in [6.07, 6.45) is 7.87. The average Bonchev–Trinajstić information content (AvgIpc) is 3.18. The summed E-state index contributed by atoms with van der Waals surface area (Å²) in [7, 11) is 0. The molecule has 0 aromatic carbocycles. The molecule has 4 rings (SSSR count). The first kappa shape index (κ1) is 10.6. The Balaban J connectivity index is 1.95. The average molecular weight is 265 g/mol. The van der Waals surface area contributed by atoms with Gasteiger partial charge in [-0.2, -0.15) is 0 Å². The number of thiophene rings is 1. The Bertz CT molecular complexity index is 810. The second kappa shape index (κ2) is 4.10. The molecule has 0 spiro atoms. The maximum atomic E-state index is 4.51. The largest absolute Gasteiger partial charge is 0.367 e. The smallest absolute Gasteiger partial charge is 0.137 e. The van der Waals surface area contributed by atoms with E-state index >= 15 is 0 Å². The summed E-state index contributed by atoms with van der Waals surface area (Å²) in [5.41, 5.74) is 4.45. The lowest BCUT2D eigenvalue weighted by Gasteiger charge is -1.99. The molecule has 0 radical (unpaired) electrons. The molecule has 3 nitrogen and oxygen atoms in total. The van der Waals surface area contributed by atoms with Gasteiger partial charge in [0.1, 0.15) is 5.65 Å². The number of nitrogens with one attached hydrogen (secondary N) is 2. The third-order valence-corrected chi connectivity index (χ3v) is 4.16. The van der Waals surface area contributed by atoms with Crippen molar-refractivity contribution >= 4 is 22.4 Å². The van der Waals surface area contributed by atoms with Crippen LogP contribution in [0.3, 0.4) is 0 Å². The van der Waals surface area contributed by atoms with Gasteiger partial charge in [-0.25, -0.2) is 4.98 Å². The predicted octanol–water partition coefficient (Wildman–Crippen LogP) is 4.29. The molecule has 0 unspecified atom stereocenters. The molecule has 0 atom stereocenters. The quantitative estimate of drug-likeness (QED) is 0.558. The molecule has 0 aliphatic carbocycles. The number of hydrogen-bond acceptors (Lipinski definition) is 2. The van der Waals surface area contributed by atoms with Crippen LogP contribution in [0.4, 0.5) is 0 Å². The van der Waals surface area contributed by atoms with Gasteiger partial charge in [0.05, 0.1) is 0 Å². The van der Waals surface area contributed by atoms with E-state index in [0.29, 0.717) is 0 Å². The highest BCUT2D eigenvalue weighted by molar-refractivity contribution is 7.13. The van der Waals surface area contributed by atoms with Crippen molar-refractivity contribution in [2.45, 2.75) is 0 Å². The Hall–Kier alpha value is -2.33. The SMILES string of the molecule is c1csc(-c2cnc3[nH]cc(-c4cc[nH]c4)c3c2)c1. The molecule has 92 valence electrons. The van der Waals surface area contributed by atoms with Crippen molar-refractivity contribution in [3.05, 3.63) is 54.4 Å². The number of pyridine rings is 1. The fourth-order valence-corrected chi connectivity index (χ4v) is 3.02. The molecule has 4 aromatic rings. The van der Waals surface area contributed by atoms with E-state index in [0.717, 1.165) is 11.0 Å². The molecule has 0 bridgehead atoms. The van der Waals surface area contributed by atoms with Gasteiger partial charge in [0, 0.05) is 51.7 Å². The van der Waals surface area contributed by atoms with Crippen LogP contribution in [0.2, 0.25) is 0 Å². The fourth-order valence-electron chi connectivity index (χ4n) is 2.31. The number of aromatic nitrogens is 3. The standard InChI is InChI=1S/C15H11N3S/c1-2-14(19-5-1)11-6-12-13(10-3-4-16-7-10)9-18-15(12)17-8-11/h1-9,16H,(H,17,18). The zero-order valence-corrected chi connectivity index (χ0v) is 10.9. The molecule has 0 amide bonds. The van der Waals surface area contributed by atoms with Crippen molar-refractivity contribution in [3.63, 3.8) is 0 Å². The van der Waals surface area contributed by atoms with Gasteiger partial charge in [0.2, 0.25) is 0 Å². The molecular weight excluding hydrogens is 254 g/mol. The molecule has 2 N–H and O–H groups in total. The van der Waals surface area contributed by atoms with Crippen molar-refractivity contribution in [1.82, 2.24) is 15.0 Å². The number of fused-ring (bicyclic) bond motifs is 1. The first-order valence-electron chi connectivity index (χ1n) is 6.06. The lowest BCUT2D eigenvalue weighted by molar-refractivity contribution is 1.33. The second-order valence-corrected chi connectivity index (χ2v) is 5.35. The monoisotopic (exact) mass is 265 g/mol. The van der Waals surface area contributed by atoms with Crippen LogP contribution in [0.5, 0.6) is 0 Å². The highest BCUT2D eigenvalue weighted by Gasteiger charge is 2.09. The second-order valence-electron chi connectivity index (χ2n) is 4.40. The Kier molecular flexibility index (Phi) is 2.28. The van der Waals surface area contributed by atoms with Gasteiger partial charge in [-0.05, 0) is 23.6 Å². The molecular formula is C15H11N3S. The summed E-state index contributed by atoms with van der Waals surface area (Å²) in [6, 6.07) is 8.46. The molecule has 4 heteroatoms. The Morgan fingerprint density at radius 2 is 2.11 bits per heavy atom. The van der Waals surface area contributed by atoms with Crippen LogP contribution in [-0.2, 0) is 0 Å². The van der Waals surface area contributed by atoms with E-state index < -0.39 is 0 Å². The van der Waals surface area contributed by atoms with E-state index in [4.69, 9.17) is 0 Å². The molecule has 0 fully saturated rings. The van der Waals surface area contributed by atoms with E-state index in [1.165, 1.54) is 21.6 Å². The Morgan fingerprint density at radius 1 is 1.11 bits per heavy atom. The Morgan fingerprint density at radius 3 is 2.89 bits per heavy atom. The van der Waals surface area contributed by atoms with E-state index in [-0.39, 0.29) is 0 Å². The molecule has 19 heavy (non-hydrogen) atoms. The van der Waals surface area contributed by atoms with Gasteiger partial charge >= 0.3 is 0 Å². The number of aromatic amines is 2. The van der Waals surface area contributed by atoms with Gasteiger partial charge in [0.15, 0.2) is 0 Å². The van der Waals surface area contributed by atoms with Crippen molar-refractivity contribution in [1.29, 1.82) is 0 Å². The number of hydrogen-bond donors (Lipinski definition) is 2. The summed E-state index contributed by atoms with van der Waals surface area (Å²) in [5.74, 6) is 0. The number of H-pyrrole nitrogens is 2. The lowest BCUT2D eigenvalue weighted by atomic mass is 10.1. The minimum Gasteiger partial charge on any atom is -0.367 e. The molecule has 4 heterocycles. The van der Waals surface area contributed by atoms with Crippen molar-refractivity contribution in [2.24, 2.45) is 0 Å². The highest BCUT2D eigenvalue weighted by atomic mass is 32.1. The maximum absolute atomic E-state index is 4.51. The fraction of sp³-hybridized carbons (Fsp3) is 0. The van der Waals surface area contributed by atoms with Crippen LogP contribution in [0, 0.1) is 0 Å². The minimum atomic E-state index is 0.927. The minimum absolute atomic E-state index is 0.927. The van der Waals surface area contributed by atoms with Gasteiger partial charge in [0.25, 0.3) is 0 Å². The van der Waals surface area contributed by atoms with Crippen LogP contribution >= 0.6 is 11.3 Å². The van der Waals surface area contributed by atoms with Gasteiger partial charge in [-0.3, -0.25) is 0 Å². The van der Waals surface area contributed by atoms with Crippen LogP contribution in [0.15, 0.2) is 54.4 Å². The van der Waals surface area contributed by atoms with Gasteiger partial charge in [-0.1, -0.05) is 6.07 Å². The van der Waals surface area contributed by atoms with E-state index in [2.05, 4.69) is 44.6 Å². The summed E-state index contributed by atoms with van der Waals surface area (Å²) in [6.45, 7) is 0. The zero-order chi connectivity index (χ0) is 12.7. The van der Waals surface area contributed by atoms with Crippen molar-refractivity contribution in [2.75, 3.05) is 0 Å². The highest BCUT2D eigenvalue weighted by Crippen LogP contribution is 2.32. The van der Waals surface area contributed by atoms with Crippen molar-refractivity contribution in [3.8, 4) is 21.6 Å². The summed E-state index contributed by atoms with van der Waals surface area (Å²) >= 11 is 1.73. The normalized spacial score (nSPS) is 11.2. The summed E-state index contributed by atoms with van der Waals surface area (Å²) in [5, 5.41) is 3.24. The first-order valence-corrected chi connectivity index (χ1v) is 6.94. The van der Waals surface area contributed by atoms with Gasteiger partial charge in [-0.15, -0.1) is 11.3 Å². The molecule has 4 aromatic heterocycles. The van der Waals surface area contributed by atoms with E-state index in [1.807, 2.05) is 24.8 Å². The topological polar surface area (TPSA) is 44.5 Å². The molecule has 0 saturated carbocycles. The maximum Gasteiger partial charge on any atom is 0.137 e. The van der Waals surface area contributed by atoms with E-state index in [1.54, 1.807) is 11.3 Å².